The molecule has 1 rings (SSSR count). The molecular weight excluding hydrogens is 197 g/mol. The predicted molar refractivity (Wildman–Crippen MR) is 54.7 cm³/mol. The molecule has 0 aliphatic rings. The summed E-state index contributed by atoms with van der Waals surface area (Å²) in [6.45, 7) is 3.55. The molecule has 2 N–H and O–H groups in total. The van der Waals surface area contributed by atoms with Crippen molar-refractivity contribution < 1.29 is 14.6 Å². The number of rotatable bonds is 4. The van der Waals surface area contributed by atoms with Gasteiger partial charge >= 0.3 is 0 Å². The van der Waals surface area contributed by atoms with Gasteiger partial charge in [-0.3, -0.25) is 4.98 Å². The Bertz CT molecular complexity index is 326. The van der Waals surface area contributed by atoms with Gasteiger partial charge in [0.15, 0.2) is 0 Å². The summed E-state index contributed by atoms with van der Waals surface area (Å²) in [7, 11) is 0. The normalized spacial score (nSPS) is 13.9. The Morgan fingerprint density at radius 2 is 2.00 bits per heavy atom. The van der Waals surface area contributed by atoms with Crippen molar-refractivity contribution in [3.05, 3.63) is 29.8 Å². The average molecular weight is 213 g/mol. The van der Waals surface area contributed by atoms with Crippen LogP contribution < -0.4 is 0 Å². The Kier molecular flexibility index (Phi) is 3.77. The van der Waals surface area contributed by atoms with Gasteiger partial charge in [-0.1, -0.05) is 13.8 Å². The quantitative estimate of drug-likeness (QED) is 0.802. The van der Waals surface area contributed by atoms with E-state index in [9.17, 15) is 14.6 Å². The molecule has 1 aromatic rings. The average Bonchev–Trinajstić information content (AvgIpc) is 2.27. The van der Waals surface area contributed by atoms with Crippen molar-refractivity contribution in [3.8, 4) is 0 Å². The molecule has 15 heavy (non-hydrogen) atoms. The monoisotopic (exact) mass is 213 g/mol. The molecule has 0 radical (unpaired) electrons. The molecule has 0 amide bonds. The topological polar surface area (TPSA) is 53.4 Å². The maximum Gasteiger partial charge on any atom is 0.141 e. The van der Waals surface area contributed by atoms with Crippen LogP contribution in [-0.4, -0.2) is 20.8 Å². The van der Waals surface area contributed by atoms with Gasteiger partial charge in [-0.25, -0.2) is 4.39 Å². The van der Waals surface area contributed by atoms with Crippen LogP contribution in [0.15, 0.2) is 18.5 Å². The number of nitrogens with zero attached hydrogens (tertiary/aromatic N) is 1. The Hall–Kier alpha value is -1.00. The predicted octanol–water partition coefficient (Wildman–Crippen LogP) is 1.81. The third kappa shape index (κ3) is 2.52. The molecule has 0 aliphatic heterocycles. The molecule has 0 fully saturated rings. The lowest BCUT2D eigenvalue weighted by Crippen LogP contribution is -2.34. The molecule has 0 saturated heterocycles. The van der Waals surface area contributed by atoms with E-state index in [1.807, 2.05) is 0 Å². The van der Waals surface area contributed by atoms with E-state index in [0.29, 0.717) is 18.4 Å². The molecule has 1 heterocycles. The van der Waals surface area contributed by atoms with E-state index in [4.69, 9.17) is 0 Å². The zero-order chi connectivity index (χ0) is 11.5. The van der Waals surface area contributed by atoms with E-state index in [2.05, 4.69) is 4.98 Å². The Morgan fingerprint density at radius 3 is 2.47 bits per heavy atom. The second-order valence-electron chi connectivity index (χ2n) is 3.65. The molecule has 84 valence electrons. The van der Waals surface area contributed by atoms with E-state index in [-0.39, 0.29) is 0 Å². The maximum absolute atomic E-state index is 12.9. The fourth-order valence-corrected chi connectivity index (χ4v) is 1.52. The van der Waals surface area contributed by atoms with Crippen molar-refractivity contribution in [2.24, 2.45) is 0 Å². The second kappa shape index (κ2) is 4.68. The van der Waals surface area contributed by atoms with Gasteiger partial charge in [0.05, 0.1) is 11.8 Å². The minimum atomic E-state index is -1.21. The Morgan fingerprint density at radius 1 is 1.40 bits per heavy atom. The highest BCUT2D eigenvalue weighted by molar-refractivity contribution is 5.16. The third-order valence-electron chi connectivity index (χ3n) is 2.78. The summed E-state index contributed by atoms with van der Waals surface area (Å²) in [5.41, 5.74) is -0.906. The van der Waals surface area contributed by atoms with Gasteiger partial charge in [0, 0.05) is 11.8 Å². The number of halogens is 1. The van der Waals surface area contributed by atoms with E-state index >= 15 is 0 Å². The van der Waals surface area contributed by atoms with Crippen LogP contribution >= 0.6 is 0 Å². The smallest absolute Gasteiger partial charge is 0.141 e. The van der Waals surface area contributed by atoms with Gasteiger partial charge < -0.3 is 10.2 Å². The van der Waals surface area contributed by atoms with E-state index in [1.54, 1.807) is 13.8 Å². The van der Waals surface area contributed by atoms with Crippen LogP contribution in [0, 0.1) is 5.82 Å². The molecule has 1 unspecified atom stereocenters. The molecule has 0 spiro atoms. The number of pyridine rings is 1. The lowest BCUT2D eigenvalue weighted by molar-refractivity contribution is -0.0823. The first-order chi connectivity index (χ1) is 7.03. The first kappa shape index (κ1) is 12.1. The van der Waals surface area contributed by atoms with Gasteiger partial charge in [0.25, 0.3) is 0 Å². The summed E-state index contributed by atoms with van der Waals surface area (Å²) in [5.74, 6) is -0.513. The fourth-order valence-electron chi connectivity index (χ4n) is 1.52. The SMILES string of the molecule is CCC(O)(CC)C(O)c1cncc(F)c1. The van der Waals surface area contributed by atoms with Crippen LogP contribution in [-0.2, 0) is 0 Å². The van der Waals surface area contributed by atoms with Crippen molar-refractivity contribution in [2.45, 2.75) is 38.4 Å². The highest BCUT2D eigenvalue weighted by atomic mass is 19.1. The van der Waals surface area contributed by atoms with Gasteiger partial charge in [0.1, 0.15) is 11.9 Å². The van der Waals surface area contributed by atoms with Crippen LogP contribution in [0.5, 0.6) is 0 Å². The molecule has 0 aromatic carbocycles. The molecule has 3 nitrogen and oxygen atoms in total. The van der Waals surface area contributed by atoms with Gasteiger partial charge in [-0.2, -0.15) is 0 Å². The summed E-state index contributed by atoms with van der Waals surface area (Å²) in [5, 5.41) is 19.9. The summed E-state index contributed by atoms with van der Waals surface area (Å²) in [6.07, 6.45) is 2.13. The molecule has 1 atom stereocenters. The lowest BCUT2D eigenvalue weighted by Gasteiger charge is -2.30. The Balaban J connectivity index is 2.97. The molecule has 1 aromatic heterocycles. The van der Waals surface area contributed by atoms with Gasteiger partial charge in [0.2, 0.25) is 0 Å². The van der Waals surface area contributed by atoms with Gasteiger partial charge in [-0.05, 0) is 18.9 Å². The van der Waals surface area contributed by atoms with Crippen molar-refractivity contribution >= 4 is 0 Å². The van der Waals surface area contributed by atoms with Crippen molar-refractivity contribution in [3.63, 3.8) is 0 Å². The van der Waals surface area contributed by atoms with Crippen LogP contribution in [0.25, 0.3) is 0 Å². The van der Waals surface area contributed by atoms with Crippen molar-refractivity contribution in [1.29, 1.82) is 0 Å². The van der Waals surface area contributed by atoms with Crippen molar-refractivity contribution in [2.75, 3.05) is 0 Å². The van der Waals surface area contributed by atoms with E-state index in [1.165, 1.54) is 12.3 Å². The number of aliphatic hydroxyl groups excluding tert-OH is 1. The summed E-state index contributed by atoms with van der Waals surface area (Å²) in [6, 6.07) is 1.19. The van der Waals surface area contributed by atoms with E-state index in [0.717, 1.165) is 6.20 Å². The highest BCUT2D eigenvalue weighted by Gasteiger charge is 2.33. The highest BCUT2D eigenvalue weighted by Crippen LogP contribution is 2.31. The zero-order valence-corrected chi connectivity index (χ0v) is 8.94. The molecule has 0 bridgehead atoms. The Labute approximate surface area is 88.6 Å². The van der Waals surface area contributed by atoms with Crippen molar-refractivity contribution in [1.82, 2.24) is 4.98 Å². The molecule has 0 aliphatic carbocycles. The van der Waals surface area contributed by atoms with Crippen LogP contribution in [0.3, 0.4) is 0 Å². The minimum absolute atomic E-state index is 0.307. The third-order valence-corrected chi connectivity index (χ3v) is 2.78. The fraction of sp³-hybridized carbons (Fsp3) is 0.545. The number of hydrogen-bond acceptors (Lipinski definition) is 3. The van der Waals surface area contributed by atoms with Crippen LogP contribution in [0.1, 0.15) is 38.4 Å². The van der Waals surface area contributed by atoms with Crippen LogP contribution in [0.2, 0.25) is 0 Å². The summed E-state index contributed by atoms with van der Waals surface area (Å²) < 4.78 is 12.9. The summed E-state index contributed by atoms with van der Waals surface area (Å²) >= 11 is 0. The minimum Gasteiger partial charge on any atom is -0.387 e. The maximum atomic E-state index is 12.9. The standard InChI is InChI=1S/C11H16FNO2/c1-3-11(15,4-2)10(14)8-5-9(12)7-13-6-8/h5-7,10,14-15H,3-4H2,1-2H3. The number of aliphatic hydroxyl groups is 2. The van der Waals surface area contributed by atoms with Crippen LogP contribution in [0.4, 0.5) is 4.39 Å². The number of hydrogen-bond donors (Lipinski definition) is 2. The first-order valence-corrected chi connectivity index (χ1v) is 5.04. The summed E-state index contributed by atoms with van der Waals surface area (Å²) in [4.78, 5) is 3.64. The zero-order valence-electron chi connectivity index (χ0n) is 8.94. The molecular formula is C11H16FNO2. The first-order valence-electron chi connectivity index (χ1n) is 5.04. The largest absolute Gasteiger partial charge is 0.387 e. The van der Waals surface area contributed by atoms with Gasteiger partial charge in [-0.15, -0.1) is 0 Å². The molecule has 0 saturated carbocycles. The number of aromatic nitrogens is 1. The molecule has 4 heteroatoms. The second-order valence-corrected chi connectivity index (χ2v) is 3.65. The lowest BCUT2D eigenvalue weighted by atomic mass is 9.87. The van der Waals surface area contributed by atoms with E-state index < -0.39 is 17.5 Å².